The van der Waals surface area contributed by atoms with Crippen molar-refractivity contribution in [2.75, 3.05) is 0 Å². The number of aromatic nitrogens is 4. The molecule has 224 valence electrons. The first-order valence-electron chi connectivity index (χ1n) is 16.3. The van der Waals surface area contributed by atoms with Crippen LogP contribution in [0.3, 0.4) is 0 Å². The molecule has 0 unspecified atom stereocenters. The lowest BCUT2D eigenvalue weighted by Gasteiger charge is -2.15. The van der Waals surface area contributed by atoms with Gasteiger partial charge in [0.05, 0.1) is 27.8 Å². The number of rotatable bonds is 4. The van der Waals surface area contributed by atoms with Crippen LogP contribution < -0.4 is 0 Å². The van der Waals surface area contributed by atoms with Crippen molar-refractivity contribution in [1.29, 1.82) is 0 Å². The second-order valence-corrected chi connectivity index (χ2v) is 12.2. The molecule has 0 aliphatic rings. The average molecular weight is 613 g/mol. The van der Waals surface area contributed by atoms with Crippen LogP contribution in [0.25, 0.3) is 88.6 Å². The second-order valence-electron chi connectivity index (χ2n) is 12.2. The lowest BCUT2D eigenvalue weighted by molar-refractivity contribution is 1.08. The van der Waals surface area contributed by atoms with Gasteiger partial charge in [0.1, 0.15) is 11.6 Å². The summed E-state index contributed by atoms with van der Waals surface area (Å²) in [6, 6.07) is 58.0. The van der Waals surface area contributed by atoms with E-state index in [2.05, 4.69) is 167 Å². The molecule has 4 nitrogen and oxygen atoms in total. The van der Waals surface area contributed by atoms with Crippen molar-refractivity contribution >= 4 is 49.0 Å². The van der Waals surface area contributed by atoms with Crippen molar-refractivity contribution in [2.45, 2.75) is 0 Å². The summed E-state index contributed by atoms with van der Waals surface area (Å²) in [6.07, 6.45) is 1.88. The van der Waals surface area contributed by atoms with Crippen molar-refractivity contribution in [3.05, 3.63) is 170 Å². The van der Waals surface area contributed by atoms with Gasteiger partial charge in [-0.3, -0.25) is 8.97 Å². The summed E-state index contributed by atoms with van der Waals surface area (Å²) in [4.78, 5) is 10.3. The van der Waals surface area contributed by atoms with E-state index in [-0.39, 0.29) is 0 Å². The number of benzene rings is 6. The molecule has 0 spiro atoms. The van der Waals surface area contributed by atoms with Crippen molar-refractivity contribution < 1.29 is 0 Å². The highest BCUT2D eigenvalue weighted by Gasteiger charge is 2.24. The van der Waals surface area contributed by atoms with Gasteiger partial charge in [-0.25, -0.2) is 9.97 Å². The summed E-state index contributed by atoms with van der Waals surface area (Å²) in [5.41, 5.74) is 9.99. The van der Waals surface area contributed by atoms with Crippen LogP contribution in [0.5, 0.6) is 0 Å². The van der Waals surface area contributed by atoms with Crippen LogP contribution in [0.15, 0.2) is 170 Å². The number of fused-ring (bicyclic) bond motifs is 10. The number of nitrogens with zero attached hydrogens (tertiary/aromatic N) is 4. The molecular weight excluding hydrogens is 585 g/mol. The first kappa shape index (κ1) is 26.7. The Bertz CT molecular complexity index is 2800. The number of hydrogen-bond donors (Lipinski definition) is 0. The Morgan fingerprint density at radius 3 is 1.81 bits per heavy atom. The average Bonchev–Trinajstić information content (AvgIpc) is 3.73. The SMILES string of the molecule is c1ccc(-c2ccc3c4ccc5c(c6ccccc6n6c(-c7ccccc7)nc(-c7ccccc7)c56)c4n(-c4ccccn4)c3c2)cc1. The molecule has 4 heteroatoms. The van der Waals surface area contributed by atoms with E-state index in [1.807, 2.05) is 12.3 Å². The second kappa shape index (κ2) is 10.5. The van der Waals surface area contributed by atoms with Crippen LogP contribution in [-0.2, 0) is 0 Å². The number of pyridine rings is 2. The largest absolute Gasteiger partial charge is 0.293 e. The Balaban J connectivity index is 1.44. The van der Waals surface area contributed by atoms with E-state index in [1.165, 1.54) is 32.7 Å². The normalized spacial score (nSPS) is 11.8. The van der Waals surface area contributed by atoms with E-state index in [0.29, 0.717) is 0 Å². The highest BCUT2D eigenvalue weighted by molar-refractivity contribution is 6.29. The fraction of sp³-hybridized carbons (Fsp3) is 0. The molecule has 0 amide bonds. The third-order valence-corrected chi connectivity index (χ3v) is 9.54. The predicted molar refractivity (Wildman–Crippen MR) is 199 cm³/mol. The molecule has 0 fully saturated rings. The minimum absolute atomic E-state index is 0.890. The smallest absolute Gasteiger partial charge is 0.145 e. The zero-order valence-corrected chi connectivity index (χ0v) is 26.0. The Kier molecular flexibility index (Phi) is 5.84. The van der Waals surface area contributed by atoms with Gasteiger partial charge in [0.15, 0.2) is 0 Å². The molecule has 6 aromatic carbocycles. The van der Waals surface area contributed by atoms with Crippen molar-refractivity contribution in [3.8, 4) is 39.6 Å². The first-order chi connectivity index (χ1) is 23.8. The lowest BCUT2D eigenvalue weighted by Crippen LogP contribution is -1.99. The summed E-state index contributed by atoms with van der Waals surface area (Å²) in [7, 11) is 0. The maximum atomic E-state index is 5.42. The first-order valence-corrected chi connectivity index (χ1v) is 16.3. The van der Waals surface area contributed by atoms with Crippen LogP contribution >= 0.6 is 0 Å². The zero-order valence-electron chi connectivity index (χ0n) is 26.0. The van der Waals surface area contributed by atoms with E-state index in [0.717, 1.165) is 55.9 Å². The van der Waals surface area contributed by atoms with Crippen molar-refractivity contribution in [1.82, 2.24) is 18.9 Å². The molecule has 4 heterocycles. The summed E-state index contributed by atoms with van der Waals surface area (Å²) in [6.45, 7) is 0. The van der Waals surface area contributed by atoms with Crippen LogP contribution in [0.2, 0.25) is 0 Å². The van der Waals surface area contributed by atoms with Gasteiger partial charge in [-0.05, 0) is 35.4 Å². The van der Waals surface area contributed by atoms with Crippen LogP contribution in [0, 0.1) is 0 Å². The van der Waals surface area contributed by atoms with Gasteiger partial charge in [-0.1, -0.05) is 140 Å². The highest BCUT2D eigenvalue weighted by Crippen LogP contribution is 2.44. The number of para-hydroxylation sites is 1. The third-order valence-electron chi connectivity index (χ3n) is 9.54. The van der Waals surface area contributed by atoms with Gasteiger partial charge < -0.3 is 0 Å². The van der Waals surface area contributed by atoms with Gasteiger partial charge in [-0.2, -0.15) is 0 Å². The van der Waals surface area contributed by atoms with E-state index in [1.54, 1.807) is 0 Å². The summed E-state index contributed by atoms with van der Waals surface area (Å²) < 4.78 is 4.72. The quantitative estimate of drug-likeness (QED) is 0.185. The van der Waals surface area contributed by atoms with Gasteiger partial charge in [0.25, 0.3) is 0 Å². The Morgan fingerprint density at radius 1 is 0.417 bits per heavy atom. The third kappa shape index (κ3) is 3.90. The Hall–Kier alpha value is -6.52. The molecule has 0 atom stereocenters. The molecule has 0 bridgehead atoms. The van der Waals surface area contributed by atoms with Crippen LogP contribution in [0.1, 0.15) is 0 Å². The van der Waals surface area contributed by atoms with Gasteiger partial charge >= 0.3 is 0 Å². The molecule has 0 saturated heterocycles. The van der Waals surface area contributed by atoms with Crippen molar-refractivity contribution in [3.63, 3.8) is 0 Å². The molecule has 0 N–H and O–H groups in total. The van der Waals surface area contributed by atoms with E-state index in [4.69, 9.17) is 9.97 Å². The van der Waals surface area contributed by atoms with Gasteiger partial charge in [0.2, 0.25) is 0 Å². The molecule has 10 aromatic rings. The van der Waals surface area contributed by atoms with Crippen LogP contribution in [0.4, 0.5) is 0 Å². The summed E-state index contributed by atoms with van der Waals surface area (Å²) >= 11 is 0. The molecule has 0 aliphatic carbocycles. The minimum atomic E-state index is 0.890. The Labute approximate surface area is 276 Å². The van der Waals surface area contributed by atoms with E-state index in [9.17, 15) is 0 Å². The number of imidazole rings is 1. The molecule has 4 aromatic heterocycles. The summed E-state index contributed by atoms with van der Waals surface area (Å²) in [5, 5.41) is 5.90. The zero-order chi connectivity index (χ0) is 31.6. The number of hydrogen-bond acceptors (Lipinski definition) is 2. The van der Waals surface area contributed by atoms with Crippen LogP contribution in [-0.4, -0.2) is 18.9 Å². The lowest BCUT2D eigenvalue weighted by atomic mass is 9.98. The standard InChI is InChI=1S/C44H28N4/c1-4-14-29(15-5-1)32-23-24-33-34-25-26-36-40(42(34)47(38(33)28-32)39-22-12-13-27-45-39)35-20-10-11-21-37(35)48-43(36)41(30-16-6-2-7-17-30)46-44(48)31-18-8-3-9-19-31/h1-28H. The molecule has 0 saturated carbocycles. The molecular formula is C44H28N4. The fourth-order valence-corrected chi connectivity index (χ4v) is 7.47. The fourth-order valence-electron chi connectivity index (χ4n) is 7.47. The van der Waals surface area contributed by atoms with Crippen molar-refractivity contribution in [2.24, 2.45) is 0 Å². The molecule has 0 aliphatic heterocycles. The maximum absolute atomic E-state index is 5.42. The van der Waals surface area contributed by atoms with Gasteiger partial charge in [0, 0.05) is 44.3 Å². The topological polar surface area (TPSA) is 35.1 Å². The monoisotopic (exact) mass is 612 g/mol. The summed E-state index contributed by atoms with van der Waals surface area (Å²) in [5.74, 6) is 1.82. The molecule has 0 radical (unpaired) electrons. The van der Waals surface area contributed by atoms with E-state index < -0.39 is 0 Å². The van der Waals surface area contributed by atoms with Gasteiger partial charge in [-0.15, -0.1) is 0 Å². The maximum Gasteiger partial charge on any atom is 0.145 e. The predicted octanol–water partition coefficient (Wildman–Crippen LogP) is 11.1. The minimum Gasteiger partial charge on any atom is -0.293 e. The molecule has 10 rings (SSSR count). The molecule has 48 heavy (non-hydrogen) atoms. The Morgan fingerprint density at radius 2 is 1.06 bits per heavy atom. The highest BCUT2D eigenvalue weighted by atomic mass is 15.1. The van der Waals surface area contributed by atoms with E-state index >= 15 is 0 Å².